The summed E-state index contributed by atoms with van der Waals surface area (Å²) in [7, 11) is 1.39. The molecule has 5 heteroatoms. The summed E-state index contributed by atoms with van der Waals surface area (Å²) in [6.07, 6.45) is 3.35. The molecule has 0 aromatic heterocycles. The quantitative estimate of drug-likeness (QED) is 0.682. The fourth-order valence-corrected chi connectivity index (χ4v) is 2.85. The highest BCUT2D eigenvalue weighted by Gasteiger charge is 2.30. The number of hydrogen-bond donors (Lipinski definition) is 1. The number of esters is 1. The normalized spacial score (nSPS) is 27.8. The molecule has 2 rings (SSSR count). The molecule has 17 heavy (non-hydrogen) atoms. The van der Waals surface area contributed by atoms with E-state index in [9.17, 15) is 4.79 Å². The number of nitrogens with two attached hydrogens (primary N) is 1. The van der Waals surface area contributed by atoms with Crippen LogP contribution in [0, 0.1) is 0 Å². The van der Waals surface area contributed by atoms with Gasteiger partial charge in [0.2, 0.25) is 0 Å². The van der Waals surface area contributed by atoms with Gasteiger partial charge in [0.1, 0.15) is 6.04 Å². The Hall–Kier alpha value is -0.650. The third-order valence-electron chi connectivity index (χ3n) is 3.93. The molecule has 0 radical (unpaired) electrons. The van der Waals surface area contributed by atoms with Crippen LogP contribution >= 0.6 is 0 Å². The number of fused-ring (bicyclic) bond motifs is 1. The molecule has 98 valence electrons. The molecule has 2 saturated heterocycles. The van der Waals surface area contributed by atoms with Crippen molar-refractivity contribution in [3.63, 3.8) is 0 Å². The predicted octanol–water partition coefficient (Wildman–Crippen LogP) is -0.343. The Morgan fingerprint density at radius 3 is 3.06 bits per heavy atom. The molecule has 2 N–H and O–H groups in total. The highest BCUT2D eigenvalue weighted by Crippen LogP contribution is 2.21. The van der Waals surface area contributed by atoms with E-state index < -0.39 is 6.04 Å². The summed E-state index contributed by atoms with van der Waals surface area (Å²) in [6.45, 7) is 5.57. The molecular weight excluding hydrogens is 218 g/mol. The molecule has 5 nitrogen and oxygen atoms in total. The van der Waals surface area contributed by atoms with Crippen LogP contribution in [0.3, 0.4) is 0 Å². The summed E-state index contributed by atoms with van der Waals surface area (Å²) < 4.78 is 4.63. The smallest absolute Gasteiger partial charge is 0.322 e. The van der Waals surface area contributed by atoms with E-state index in [0.717, 1.165) is 32.2 Å². The maximum Gasteiger partial charge on any atom is 0.322 e. The summed E-state index contributed by atoms with van der Waals surface area (Å²) in [6, 6.07) is 0.264. The van der Waals surface area contributed by atoms with Gasteiger partial charge in [-0.25, -0.2) is 0 Å². The Morgan fingerprint density at radius 1 is 1.47 bits per heavy atom. The van der Waals surface area contributed by atoms with Crippen LogP contribution in [0.15, 0.2) is 0 Å². The SMILES string of the molecule is COC(=O)C(N)CCN1CCN2CCCC2C1. The molecule has 0 spiro atoms. The molecule has 0 aliphatic carbocycles. The minimum Gasteiger partial charge on any atom is -0.468 e. The van der Waals surface area contributed by atoms with Crippen LogP contribution in [0.4, 0.5) is 0 Å². The number of ether oxygens (including phenoxy) is 1. The van der Waals surface area contributed by atoms with Crippen molar-refractivity contribution >= 4 is 5.97 Å². The van der Waals surface area contributed by atoms with Crippen molar-refractivity contribution in [3.8, 4) is 0 Å². The van der Waals surface area contributed by atoms with Gasteiger partial charge in [0.15, 0.2) is 0 Å². The maximum absolute atomic E-state index is 11.2. The first-order valence-electron chi connectivity index (χ1n) is 6.50. The first kappa shape index (κ1) is 12.8. The third kappa shape index (κ3) is 3.18. The Labute approximate surface area is 103 Å². The largest absolute Gasteiger partial charge is 0.468 e. The predicted molar refractivity (Wildman–Crippen MR) is 65.6 cm³/mol. The van der Waals surface area contributed by atoms with E-state index in [-0.39, 0.29) is 5.97 Å². The van der Waals surface area contributed by atoms with Crippen LogP contribution in [0.1, 0.15) is 19.3 Å². The van der Waals surface area contributed by atoms with Gasteiger partial charge < -0.3 is 15.4 Å². The van der Waals surface area contributed by atoms with Crippen molar-refractivity contribution in [1.82, 2.24) is 9.80 Å². The molecule has 0 aromatic rings. The number of rotatable bonds is 4. The standard InChI is InChI=1S/C12H23N3O2/c1-17-12(16)11(13)4-6-14-7-8-15-5-2-3-10(15)9-14/h10-11H,2-9,13H2,1H3. The third-order valence-corrected chi connectivity index (χ3v) is 3.93. The zero-order chi connectivity index (χ0) is 12.3. The van der Waals surface area contributed by atoms with E-state index in [0.29, 0.717) is 6.42 Å². The van der Waals surface area contributed by atoms with Gasteiger partial charge in [-0.3, -0.25) is 9.69 Å². The van der Waals surface area contributed by atoms with Crippen molar-refractivity contribution < 1.29 is 9.53 Å². The number of nitrogens with zero attached hydrogens (tertiary/aromatic N) is 2. The average molecular weight is 241 g/mol. The Balaban J connectivity index is 1.71. The molecule has 2 heterocycles. The highest BCUT2D eigenvalue weighted by atomic mass is 16.5. The number of piperazine rings is 1. The van der Waals surface area contributed by atoms with Gasteiger partial charge in [-0.05, 0) is 25.8 Å². The lowest BCUT2D eigenvalue weighted by atomic mass is 10.1. The maximum atomic E-state index is 11.2. The van der Waals surface area contributed by atoms with Crippen LogP contribution in [0.5, 0.6) is 0 Å². The Kier molecular flexibility index (Phi) is 4.36. The molecule has 0 saturated carbocycles. The lowest BCUT2D eigenvalue weighted by molar-refractivity contribution is -0.142. The van der Waals surface area contributed by atoms with E-state index in [1.165, 1.54) is 26.5 Å². The molecular formula is C12H23N3O2. The van der Waals surface area contributed by atoms with Crippen molar-refractivity contribution in [2.75, 3.05) is 39.8 Å². The second kappa shape index (κ2) is 5.80. The van der Waals surface area contributed by atoms with Gasteiger partial charge in [0.05, 0.1) is 7.11 Å². The van der Waals surface area contributed by atoms with Crippen molar-refractivity contribution in [1.29, 1.82) is 0 Å². The number of carbonyl (C=O) groups is 1. The molecule has 0 amide bonds. The second-order valence-electron chi connectivity index (χ2n) is 5.05. The first-order valence-corrected chi connectivity index (χ1v) is 6.50. The fraction of sp³-hybridized carbons (Fsp3) is 0.917. The molecule has 0 bridgehead atoms. The van der Waals surface area contributed by atoms with Gasteiger partial charge in [0, 0.05) is 32.2 Å². The van der Waals surface area contributed by atoms with Crippen molar-refractivity contribution in [2.24, 2.45) is 5.73 Å². The summed E-state index contributed by atoms with van der Waals surface area (Å²) in [5.41, 5.74) is 5.74. The topological polar surface area (TPSA) is 58.8 Å². The Morgan fingerprint density at radius 2 is 2.29 bits per heavy atom. The molecule has 2 aliphatic heterocycles. The van der Waals surface area contributed by atoms with Crippen LogP contribution in [0.2, 0.25) is 0 Å². The van der Waals surface area contributed by atoms with Crippen LogP contribution in [0.25, 0.3) is 0 Å². The summed E-state index contributed by atoms with van der Waals surface area (Å²) in [5, 5.41) is 0. The zero-order valence-electron chi connectivity index (χ0n) is 10.6. The van der Waals surface area contributed by atoms with E-state index in [1.54, 1.807) is 0 Å². The van der Waals surface area contributed by atoms with Crippen molar-refractivity contribution in [2.45, 2.75) is 31.3 Å². The fourth-order valence-electron chi connectivity index (χ4n) is 2.85. The molecule has 0 aromatic carbocycles. The van der Waals surface area contributed by atoms with Crippen LogP contribution in [-0.2, 0) is 9.53 Å². The number of carbonyl (C=O) groups excluding carboxylic acids is 1. The van der Waals surface area contributed by atoms with Gasteiger partial charge in [0.25, 0.3) is 0 Å². The minimum atomic E-state index is -0.471. The highest BCUT2D eigenvalue weighted by molar-refractivity contribution is 5.75. The van der Waals surface area contributed by atoms with Crippen LogP contribution < -0.4 is 5.73 Å². The lowest BCUT2D eigenvalue weighted by Crippen LogP contribution is -2.51. The molecule has 2 aliphatic rings. The zero-order valence-corrected chi connectivity index (χ0v) is 10.6. The van der Waals surface area contributed by atoms with Gasteiger partial charge in [-0.2, -0.15) is 0 Å². The average Bonchev–Trinajstić information content (AvgIpc) is 2.82. The van der Waals surface area contributed by atoms with E-state index in [1.807, 2.05) is 0 Å². The minimum absolute atomic E-state index is 0.301. The van der Waals surface area contributed by atoms with Gasteiger partial charge in [-0.15, -0.1) is 0 Å². The van der Waals surface area contributed by atoms with E-state index >= 15 is 0 Å². The number of hydrogen-bond acceptors (Lipinski definition) is 5. The van der Waals surface area contributed by atoms with Crippen LogP contribution in [-0.4, -0.2) is 67.7 Å². The second-order valence-corrected chi connectivity index (χ2v) is 5.05. The van der Waals surface area contributed by atoms with Crippen molar-refractivity contribution in [3.05, 3.63) is 0 Å². The number of methoxy groups -OCH3 is 1. The monoisotopic (exact) mass is 241 g/mol. The Bertz CT molecular complexity index is 272. The van der Waals surface area contributed by atoms with Gasteiger partial charge in [-0.1, -0.05) is 0 Å². The lowest BCUT2D eigenvalue weighted by Gasteiger charge is -2.37. The van der Waals surface area contributed by atoms with Gasteiger partial charge >= 0.3 is 5.97 Å². The summed E-state index contributed by atoms with van der Waals surface area (Å²) in [5.74, 6) is -0.301. The summed E-state index contributed by atoms with van der Waals surface area (Å²) >= 11 is 0. The van der Waals surface area contributed by atoms with E-state index in [4.69, 9.17) is 5.73 Å². The molecule has 2 atom stereocenters. The summed E-state index contributed by atoms with van der Waals surface area (Å²) in [4.78, 5) is 16.2. The van der Waals surface area contributed by atoms with E-state index in [2.05, 4.69) is 14.5 Å². The molecule has 2 unspecified atom stereocenters. The first-order chi connectivity index (χ1) is 8.20. The molecule has 2 fully saturated rings.